The first-order chi connectivity index (χ1) is 25.1. The molecule has 0 aromatic carbocycles. The van der Waals surface area contributed by atoms with Crippen molar-refractivity contribution in [3.8, 4) is 0 Å². The van der Waals surface area contributed by atoms with Crippen LogP contribution in [0.1, 0.15) is 239 Å². The van der Waals surface area contributed by atoms with E-state index < -0.39 is 24.2 Å². The number of rotatable bonds is 41. The fourth-order valence-corrected chi connectivity index (χ4v) is 6.97. The van der Waals surface area contributed by atoms with E-state index >= 15 is 0 Å². The zero-order chi connectivity index (χ0) is 37.3. The quantitative estimate of drug-likeness (QED) is 0.0374. The van der Waals surface area contributed by atoms with Crippen LogP contribution in [0, 0.1) is 0 Å². The number of carbonyl (C=O) groups is 1. The number of nitrogens with one attached hydrogen (secondary N) is 1. The average Bonchev–Trinajstić information content (AvgIpc) is 3.13. The van der Waals surface area contributed by atoms with Crippen LogP contribution in [-0.2, 0) is 4.79 Å². The van der Waals surface area contributed by atoms with Crippen molar-refractivity contribution in [2.75, 3.05) is 6.61 Å². The predicted molar refractivity (Wildman–Crippen MR) is 222 cm³/mol. The van der Waals surface area contributed by atoms with Gasteiger partial charge in [-0.25, -0.2) is 0 Å². The van der Waals surface area contributed by atoms with Crippen LogP contribution in [0.4, 0.5) is 0 Å². The zero-order valence-corrected chi connectivity index (χ0v) is 34.2. The van der Waals surface area contributed by atoms with Gasteiger partial charge in [0, 0.05) is 0 Å². The first-order valence-electron chi connectivity index (χ1n) is 22.7. The molecule has 5 nitrogen and oxygen atoms in total. The fourth-order valence-electron chi connectivity index (χ4n) is 6.97. The Balaban J connectivity index is 3.67. The number of aliphatic hydroxyl groups excluding tert-OH is 3. The lowest BCUT2D eigenvalue weighted by atomic mass is 10.0. The molecule has 302 valence electrons. The van der Waals surface area contributed by atoms with Gasteiger partial charge in [-0.3, -0.25) is 4.79 Å². The molecule has 0 aromatic heterocycles. The highest BCUT2D eigenvalue weighted by atomic mass is 16.3. The van der Waals surface area contributed by atoms with Gasteiger partial charge >= 0.3 is 0 Å². The van der Waals surface area contributed by atoms with E-state index in [9.17, 15) is 20.1 Å². The smallest absolute Gasteiger partial charge is 0.249 e. The summed E-state index contributed by atoms with van der Waals surface area (Å²) in [5.74, 6) is -0.510. The standard InChI is InChI=1S/C46H89NO4/c1-3-5-7-9-11-13-15-17-19-21-22-23-25-27-29-31-33-35-37-39-41-45(50)46(51)47-43(42-48)44(49)40-38-36-34-32-30-28-26-24-20-18-16-14-12-10-8-6-4-2/h30,32,38,40,43-45,48-50H,3-29,31,33-37,39,41-42H2,1-2H3,(H,47,51)/b32-30+,40-38+. The van der Waals surface area contributed by atoms with E-state index in [0.29, 0.717) is 6.42 Å². The van der Waals surface area contributed by atoms with Crippen LogP contribution in [-0.4, -0.2) is 46.1 Å². The van der Waals surface area contributed by atoms with Gasteiger partial charge in [0.2, 0.25) is 5.91 Å². The summed E-state index contributed by atoms with van der Waals surface area (Å²) >= 11 is 0. The van der Waals surface area contributed by atoms with Gasteiger partial charge in [0.05, 0.1) is 18.8 Å². The summed E-state index contributed by atoms with van der Waals surface area (Å²) in [7, 11) is 0. The SMILES string of the molecule is CCCCCCCCCCCCC/C=C/CC/C=C/C(O)C(CO)NC(=O)C(O)CCCCCCCCCCCCCCCCCCCCCC. The maximum absolute atomic E-state index is 12.5. The summed E-state index contributed by atoms with van der Waals surface area (Å²) in [6.45, 7) is 4.18. The number of allylic oxidation sites excluding steroid dienone is 3. The highest BCUT2D eigenvalue weighted by molar-refractivity contribution is 5.80. The molecule has 0 fully saturated rings. The third kappa shape index (κ3) is 37.0. The van der Waals surface area contributed by atoms with Crippen molar-refractivity contribution in [1.82, 2.24) is 5.32 Å². The lowest BCUT2D eigenvalue weighted by Gasteiger charge is -2.21. The number of carbonyl (C=O) groups excluding carboxylic acids is 1. The Morgan fingerprint density at radius 3 is 1.20 bits per heavy atom. The number of hydrogen-bond donors (Lipinski definition) is 4. The van der Waals surface area contributed by atoms with Crippen molar-refractivity contribution in [3.63, 3.8) is 0 Å². The molecule has 1 amide bonds. The van der Waals surface area contributed by atoms with E-state index in [4.69, 9.17) is 0 Å². The van der Waals surface area contributed by atoms with Gasteiger partial charge < -0.3 is 20.6 Å². The summed E-state index contributed by atoms with van der Waals surface area (Å²) < 4.78 is 0. The molecule has 5 heteroatoms. The fraction of sp³-hybridized carbons (Fsp3) is 0.891. The Hall–Kier alpha value is -1.17. The lowest BCUT2D eigenvalue weighted by Crippen LogP contribution is -2.48. The van der Waals surface area contributed by atoms with Gasteiger partial charge in [-0.1, -0.05) is 231 Å². The van der Waals surface area contributed by atoms with Crippen molar-refractivity contribution < 1.29 is 20.1 Å². The van der Waals surface area contributed by atoms with Crippen LogP contribution >= 0.6 is 0 Å². The number of unbranched alkanes of at least 4 members (excludes halogenated alkanes) is 31. The van der Waals surface area contributed by atoms with Crippen LogP contribution < -0.4 is 5.32 Å². The molecule has 0 heterocycles. The molecule has 0 spiro atoms. The van der Waals surface area contributed by atoms with Crippen LogP contribution in [0.2, 0.25) is 0 Å². The summed E-state index contributed by atoms with van der Waals surface area (Å²) in [5.41, 5.74) is 0. The van der Waals surface area contributed by atoms with Crippen molar-refractivity contribution in [2.45, 2.75) is 257 Å². The normalized spacial score (nSPS) is 13.7. The molecule has 0 aliphatic carbocycles. The molecular weight excluding hydrogens is 631 g/mol. The second-order valence-corrected chi connectivity index (χ2v) is 15.6. The minimum absolute atomic E-state index is 0.373. The highest BCUT2D eigenvalue weighted by Crippen LogP contribution is 2.16. The van der Waals surface area contributed by atoms with E-state index in [1.54, 1.807) is 6.08 Å². The second kappa shape index (κ2) is 41.6. The van der Waals surface area contributed by atoms with Crippen LogP contribution in [0.25, 0.3) is 0 Å². The van der Waals surface area contributed by atoms with Crippen molar-refractivity contribution in [3.05, 3.63) is 24.3 Å². The third-order valence-electron chi connectivity index (χ3n) is 10.5. The molecule has 51 heavy (non-hydrogen) atoms. The monoisotopic (exact) mass is 720 g/mol. The maximum Gasteiger partial charge on any atom is 0.249 e. The van der Waals surface area contributed by atoms with E-state index in [-0.39, 0.29) is 6.61 Å². The first-order valence-corrected chi connectivity index (χ1v) is 22.7. The van der Waals surface area contributed by atoms with Crippen molar-refractivity contribution in [1.29, 1.82) is 0 Å². The second-order valence-electron chi connectivity index (χ2n) is 15.6. The first kappa shape index (κ1) is 49.8. The number of hydrogen-bond acceptors (Lipinski definition) is 4. The van der Waals surface area contributed by atoms with Crippen LogP contribution in [0.5, 0.6) is 0 Å². The van der Waals surface area contributed by atoms with E-state index in [0.717, 1.165) is 38.5 Å². The minimum atomic E-state index is -1.10. The Labute approximate surface area is 318 Å². The lowest BCUT2D eigenvalue weighted by molar-refractivity contribution is -0.131. The molecule has 0 saturated carbocycles. The van der Waals surface area contributed by atoms with Crippen molar-refractivity contribution in [2.24, 2.45) is 0 Å². The Kier molecular flexibility index (Phi) is 40.6. The van der Waals surface area contributed by atoms with Gasteiger partial charge in [-0.2, -0.15) is 0 Å². The van der Waals surface area contributed by atoms with E-state index in [1.165, 1.54) is 180 Å². The number of aliphatic hydroxyl groups is 3. The van der Waals surface area contributed by atoms with Crippen molar-refractivity contribution >= 4 is 5.91 Å². The van der Waals surface area contributed by atoms with Gasteiger partial charge in [0.25, 0.3) is 0 Å². The predicted octanol–water partition coefficient (Wildman–Crippen LogP) is 13.0. The topological polar surface area (TPSA) is 89.8 Å². The summed E-state index contributed by atoms with van der Waals surface area (Å²) in [5, 5.41) is 33.1. The molecular formula is C46H89NO4. The molecule has 0 bridgehead atoms. The molecule has 0 radical (unpaired) electrons. The molecule has 3 atom stereocenters. The van der Waals surface area contributed by atoms with E-state index in [2.05, 4.69) is 31.3 Å². The maximum atomic E-state index is 12.5. The molecule has 0 aliphatic heterocycles. The third-order valence-corrected chi connectivity index (χ3v) is 10.5. The average molecular weight is 720 g/mol. The van der Waals surface area contributed by atoms with Gasteiger partial charge in [-0.15, -0.1) is 0 Å². The number of amides is 1. The Bertz CT molecular complexity index is 754. The van der Waals surface area contributed by atoms with Gasteiger partial charge in [0.15, 0.2) is 0 Å². The summed E-state index contributed by atoms with van der Waals surface area (Å²) in [4.78, 5) is 12.5. The Morgan fingerprint density at radius 1 is 0.471 bits per heavy atom. The van der Waals surface area contributed by atoms with E-state index in [1.807, 2.05) is 6.08 Å². The highest BCUT2D eigenvalue weighted by Gasteiger charge is 2.22. The van der Waals surface area contributed by atoms with Gasteiger partial charge in [0.1, 0.15) is 6.10 Å². The molecule has 0 rings (SSSR count). The molecule has 3 unspecified atom stereocenters. The molecule has 4 N–H and O–H groups in total. The Morgan fingerprint density at radius 2 is 0.804 bits per heavy atom. The van der Waals surface area contributed by atoms with Crippen LogP contribution in [0.15, 0.2) is 24.3 Å². The largest absolute Gasteiger partial charge is 0.394 e. The molecule has 0 aromatic rings. The van der Waals surface area contributed by atoms with Gasteiger partial charge in [-0.05, 0) is 32.1 Å². The summed E-state index contributed by atoms with van der Waals surface area (Å²) in [6, 6.07) is -0.810. The molecule has 0 saturated heterocycles. The minimum Gasteiger partial charge on any atom is -0.394 e. The summed E-state index contributed by atoms with van der Waals surface area (Å²) in [6.07, 6.45) is 50.7. The molecule has 0 aliphatic rings. The zero-order valence-electron chi connectivity index (χ0n) is 34.2. The van der Waals surface area contributed by atoms with Crippen LogP contribution in [0.3, 0.4) is 0 Å².